The van der Waals surface area contributed by atoms with E-state index in [-0.39, 0.29) is 0 Å². The number of carbonyl (C=O) groups is 1. The Morgan fingerprint density at radius 3 is 2.86 bits per heavy atom. The molecule has 0 radical (unpaired) electrons. The highest BCUT2D eigenvalue weighted by molar-refractivity contribution is 7.71. The molecule has 1 aliphatic rings. The van der Waals surface area contributed by atoms with Crippen LogP contribution in [0.3, 0.4) is 0 Å². The monoisotopic (exact) mass is 301 g/mol. The van der Waals surface area contributed by atoms with Gasteiger partial charge in [0.2, 0.25) is 0 Å². The quantitative estimate of drug-likeness (QED) is 0.837. The summed E-state index contributed by atoms with van der Waals surface area (Å²) in [5, 5.41) is 16.5. The molecule has 0 spiro atoms. The van der Waals surface area contributed by atoms with Gasteiger partial charge in [-0.3, -0.25) is 5.10 Å². The Morgan fingerprint density at radius 2 is 2.14 bits per heavy atom. The second-order valence-corrected chi connectivity index (χ2v) is 5.48. The molecule has 6 heteroatoms. The third-order valence-electron chi connectivity index (χ3n) is 3.69. The van der Waals surface area contributed by atoms with Crippen molar-refractivity contribution in [3.05, 3.63) is 57.4 Å². The molecule has 2 aromatic rings. The normalized spacial score (nSPS) is 13.8. The topological polar surface area (TPSA) is 69.2 Å². The summed E-state index contributed by atoms with van der Waals surface area (Å²) >= 11 is 5.52. The number of H-pyrrole nitrogens is 1. The second-order valence-electron chi connectivity index (χ2n) is 5.07. The first kappa shape index (κ1) is 13.8. The lowest BCUT2D eigenvalue weighted by atomic mass is 10.0. The highest BCUT2D eigenvalue weighted by Gasteiger charge is 2.22. The zero-order valence-electron chi connectivity index (χ0n) is 11.4. The standard InChI is InChI=1S/C15H15N3O2S/c19-15(20)18-7-6-12-11(9-18)14(21)13(17-16-12)8-10-4-2-1-3-5-10/h1-5H,6-9H2,(H,16,21)(H,19,20). The van der Waals surface area contributed by atoms with E-state index in [1.54, 1.807) is 0 Å². The van der Waals surface area contributed by atoms with E-state index in [0.717, 1.165) is 22.5 Å². The lowest BCUT2D eigenvalue weighted by Gasteiger charge is -2.26. The zero-order valence-corrected chi connectivity index (χ0v) is 12.2. The number of amides is 1. The third-order valence-corrected chi connectivity index (χ3v) is 4.17. The summed E-state index contributed by atoms with van der Waals surface area (Å²) in [6.07, 6.45) is 0.372. The van der Waals surface area contributed by atoms with Gasteiger partial charge in [0.25, 0.3) is 0 Å². The number of aromatic nitrogens is 2. The Morgan fingerprint density at radius 1 is 1.38 bits per heavy atom. The van der Waals surface area contributed by atoms with Crippen molar-refractivity contribution in [2.24, 2.45) is 0 Å². The molecule has 1 aromatic carbocycles. The zero-order chi connectivity index (χ0) is 14.8. The van der Waals surface area contributed by atoms with Crippen LogP contribution in [0.4, 0.5) is 4.79 Å². The highest BCUT2D eigenvalue weighted by Crippen LogP contribution is 2.20. The van der Waals surface area contributed by atoms with Crippen molar-refractivity contribution in [1.82, 2.24) is 15.1 Å². The molecule has 5 nitrogen and oxygen atoms in total. The first-order valence-electron chi connectivity index (χ1n) is 6.76. The van der Waals surface area contributed by atoms with Gasteiger partial charge in [-0.25, -0.2) is 4.79 Å². The molecule has 0 fully saturated rings. The van der Waals surface area contributed by atoms with Crippen molar-refractivity contribution in [2.75, 3.05) is 6.54 Å². The van der Waals surface area contributed by atoms with Crippen LogP contribution in [0, 0.1) is 4.51 Å². The Kier molecular flexibility index (Phi) is 3.70. The van der Waals surface area contributed by atoms with Crippen molar-refractivity contribution in [1.29, 1.82) is 0 Å². The average Bonchev–Trinajstić information content (AvgIpc) is 2.51. The summed E-state index contributed by atoms with van der Waals surface area (Å²) in [5.74, 6) is 0. The number of fused-ring (bicyclic) bond motifs is 1. The Bertz CT molecular complexity index is 727. The van der Waals surface area contributed by atoms with E-state index >= 15 is 0 Å². The first-order chi connectivity index (χ1) is 10.1. The van der Waals surface area contributed by atoms with E-state index in [2.05, 4.69) is 10.2 Å². The fourth-order valence-electron chi connectivity index (χ4n) is 2.53. The van der Waals surface area contributed by atoms with Gasteiger partial charge in [0.05, 0.1) is 16.7 Å². The molecule has 2 heterocycles. The van der Waals surface area contributed by atoms with Gasteiger partial charge in [0.1, 0.15) is 0 Å². The molecular formula is C15H15N3O2S. The number of hydrogen-bond acceptors (Lipinski definition) is 3. The highest BCUT2D eigenvalue weighted by atomic mass is 32.1. The van der Waals surface area contributed by atoms with Crippen LogP contribution in [-0.2, 0) is 19.4 Å². The first-order valence-corrected chi connectivity index (χ1v) is 7.17. The van der Waals surface area contributed by atoms with Gasteiger partial charge in [-0.05, 0) is 5.56 Å². The van der Waals surface area contributed by atoms with E-state index in [0.29, 0.717) is 30.4 Å². The van der Waals surface area contributed by atoms with E-state index in [9.17, 15) is 4.79 Å². The van der Waals surface area contributed by atoms with Gasteiger partial charge in [-0.2, -0.15) is 5.10 Å². The summed E-state index contributed by atoms with van der Waals surface area (Å²) in [6, 6.07) is 9.98. The molecule has 1 amide bonds. The minimum atomic E-state index is -0.906. The van der Waals surface area contributed by atoms with Crippen LogP contribution < -0.4 is 0 Å². The molecule has 3 rings (SSSR count). The molecule has 0 saturated carbocycles. The van der Waals surface area contributed by atoms with Crippen LogP contribution in [0.2, 0.25) is 0 Å². The fourth-order valence-corrected chi connectivity index (χ4v) is 2.83. The van der Waals surface area contributed by atoms with E-state index in [1.165, 1.54) is 4.90 Å². The number of carboxylic acid groups (broad SMARTS) is 1. The average molecular weight is 301 g/mol. The van der Waals surface area contributed by atoms with Crippen LogP contribution in [0.1, 0.15) is 22.5 Å². The predicted molar refractivity (Wildman–Crippen MR) is 80.8 cm³/mol. The predicted octanol–water partition coefficient (Wildman–Crippen LogP) is 2.77. The van der Waals surface area contributed by atoms with Gasteiger partial charge in [0, 0.05) is 30.6 Å². The third kappa shape index (κ3) is 2.80. The molecular weight excluding hydrogens is 286 g/mol. The maximum atomic E-state index is 11.1. The van der Waals surface area contributed by atoms with Crippen molar-refractivity contribution < 1.29 is 9.90 Å². The Hall–Kier alpha value is -2.21. The van der Waals surface area contributed by atoms with E-state index in [4.69, 9.17) is 17.3 Å². The van der Waals surface area contributed by atoms with Gasteiger partial charge in [-0.15, -0.1) is 0 Å². The summed E-state index contributed by atoms with van der Waals surface area (Å²) < 4.78 is 0.679. The fraction of sp³-hybridized carbons (Fsp3) is 0.267. The second kappa shape index (κ2) is 5.65. The number of nitrogens with zero attached hydrogens (tertiary/aromatic N) is 2. The van der Waals surface area contributed by atoms with Crippen molar-refractivity contribution in [3.63, 3.8) is 0 Å². The Balaban J connectivity index is 1.93. The van der Waals surface area contributed by atoms with E-state index < -0.39 is 6.09 Å². The molecule has 0 unspecified atom stereocenters. The van der Waals surface area contributed by atoms with Crippen molar-refractivity contribution in [3.8, 4) is 0 Å². The number of aromatic amines is 1. The van der Waals surface area contributed by atoms with Crippen molar-refractivity contribution >= 4 is 18.3 Å². The van der Waals surface area contributed by atoms with Gasteiger partial charge in [0.15, 0.2) is 0 Å². The number of hydrogen-bond donors (Lipinski definition) is 2. The molecule has 1 aliphatic heterocycles. The molecule has 0 saturated heterocycles. The molecule has 1 aromatic heterocycles. The van der Waals surface area contributed by atoms with Gasteiger partial charge >= 0.3 is 6.09 Å². The molecule has 0 aliphatic carbocycles. The SMILES string of the molecule is O=C(O)N1CCc2[nH]nc(Cc3ccccc3)c(=S)c2C1. The summed E-state index contributed by atoms with van der Waals surface area (Å²) in [6.45, 7) is 0.817. The van der Waals surface area contributed by atoms with E-state index in [1.807, 2.05) is 30.3 Å². The van der Waals surface area contributed by atoms with Crippen LogP contribution in [0.5, 0.6) is 0 Å². The summed E-state index contributed by atoms with van der Waals surface area (Å²) in [7, 11) is 0. The molecule has 0 bridgehead atoms. The Labute approximate surface area is 127 Å². The van der Waals surface area contributed by atoms with Gasteiger partial charge < -0.3 is 10.0 Å². The molecule has 21 heavy (non-hydrogen) atoms. The minimum absolute atomic E-state index is 0.338. The van der Waals surface area contributed by atoms with Crippen LogP contribution >= 0.6 is 12.2 Å². The van der Waals surface area contributed by atoms with Crippen LogP contribution in [-0.4, -0.2) is 32.8 Å². The summed E-state index contributed by atoms with van der Waals surface area (Å²) in [5.41, 5.74) is 3.77. The number of benzene rings is 1. The number of nitrogens with one attached hydrogen (secondary N) is 1. The minimum Gasteiger partial charge on any atom is -0.465 e. The van der Waals surface area contributed by atoms with Gasteiger partial charge in [-0.1, -0.05) is 42.5 Å². The maximum absolute atomic E-state index is 11.1. The lowest BCUT2D eigenvalue weighted by molar-refractivity contribution is 0.139. The molecule has 2 N–H and O–H groups in total. The maximum Gasteiger partial charge on any atom is 0.407 e. The number of rotatable bonds is 2. The molecule has 0 atom stereocenters. The largest absolute Gasteiger partial charge is 0.465 e. The lowest BCUT2D eigenvalue weighted by Crippen LogP contribution is -2.35. The van der Waals surface area contributed by atoms with Crippen molar-refractivity contribution in [2.45, 2.75) is 19.4 Å². The smallest absolute Gasteiger partial charge is 0.407 e. The summed E-state index contributed by atoms with van der Waals surface area (Å²) in [4.78, 5) is 12.5. The molecule has 108 valence electrons. The van der Waals surface area contributed by atoms with Crippen LogP contribution in [0.25, 0.3) is 0 Å². The van der Waals surface area contributed by atoms with Crippen LogP contribution in [0.15, 0.2) is 30.3 Å².